The fourth-order valence-corrected chi connectivity index (χ4v) is 3.20. The summed E-state index contributed by atoms with van der Waals surface area (Å²) in [7, 11) is 0. The Labute approximate surface area is 141 Å². The number of pyridine rings is 1. The number of aromatic nitrogens is 4. The Morgan fingerprint density at radius 3 is 2.96 bits per heavy atom. The van der Waals surface area contributed by atoms with E-state index in [-0.39, 0.29) is 11.9 Å². The zero-order valence-electron chi connectivity index (χ0n) is 14.4. The maximum absolute atomic E-state index is 12.9. The van der Waals surface area contributed by atoms with Crippen LogP contribution in [-0.2, 0) is 0 Å². The van der Waals surface area contributed by atoms with Crippen molar-refractivity contribution in [2.24, 2.45) is 0 Å². The van der Waals surface area contributed by atoms with Crippen molar-refractivity contribution < 1.29 is 9.53 Å². The van der Waals surface area contributed by atoms with Gasteiger partial charge in [0.25, 0.3) is 5.91 Å². The van der Waals surface area contributed by atoms with Crippen LogP contribution in [0.1, 0.15) is 47.8 Å². The first-order valence-corrected chi connectivity index (χ1v) is 8.37. The number of amides is 1. The highest BCUT2D eigenvalue weighted by atomic mass is 16.5. The lowest BCUT2D eigenvalue weighted by Gasteiger charge is -2.33. The number of hydrogen-bond donors (Lipinski definition) is 0. The van der Waals surface area contributed by atoms with Gasteiger partial charge in [0.15, 0.2) is 0 Å². The molecule has 0 N–H and O–H groups in total. The van der Waals surface area contributed by atoms with Crippen LogP contribution in [0.25, 0.3) is 0 Å². The molecule has 24 heavy (non-hydrogen) atoms. The first kappa shape index (κ1) is 16.4. The van der Waals surface area contributed by atoms with Crippen molar-refractivity contribution in [3.63, 3.8) is 0 Å². The van der Waals surface area contributed by atoms with Crippen LogP contribution < -0.4 is 4.74 Å². The zero-order valence-corrected chi connectivity index (χ0v) is 14.4. The van der Waals surface area contributed by atoms with Crippen LogP contribution in [0.2, 0.25) is 0 Å². The topological polar surface area (TPSA) is 73.1 Å². The van der Waals surface area contributed by atoms with Gasteiger partial charge in [0.05, 0.1) is 12.6 Å². The predicted molar refractivity (Wildman–Crippen MR) is 89.1 cm³/mol. The van der Waals surface area contributed by atoms with Gasteiger partial charge in [-0.2, -0.15) is 5.10 Å². The van der Waals surface area contributed by atoms with E-state index in [2.05, 4.69) is 15.1 Å². The molecule has 1 aliphatic heterocycles. The highest BCUT2D eigenvalue weighted by Gasteiger charge is 2.28. The number of nitrogens with zero attached hydrogens (tertiary/aromatic N) is 5. The SMILES string of the molecule is CCOc1ncccc1C(=O)N1CCCC(n2nc(C)nc2C)C1. The van der Waals surface area contributed by atoms with E-state index < -0.39 is 0 Å². The van der Waals surface area contributed by atoms with E-state index >= 15 is 0 Å². The van der Waals surface area contributed by atoms with Gasteiger partial charge in [0, 0.05) is 19.3 Å². The molecule has 0 saturated carbocycles. The fraction of sp³-hybridized carbons (Fsp3) is 0.529. The van der Waals surface area contributed by atoms with Crippen molar-refractivity contribution >= 4 is 5.91 Å². The van der Waals surface area contributed by atoms with Crippen LogP contribution in [0.15, 0.2) is 18.3 Å². The molecule has 1 saturated heterocycles. The highest BCUT2D eigenvalue weighted by molar-refractivity contribution is 5.96. The maximum atomic E-state index is 12.9. The van der Waals surface area contributed by atoms with Gasteiger partial charge in [-0.15, -0.1) is 0 Å². The van der Waals surface area contributed by atoms with Gasteiger partial charge in [-0.25, -0.2) is 14.6 Å². The lowest BCUT2D eigenvalue weighted by Crippen LogP contribution is -2.41. The number of carbonyl (C=O) groups is 1. The number of rotatable bonds is 4. The molecule has 7 heteroatoms. The summed E-state index contributed by atoms with van der Waals surface area (Å²) in [6, 6.07) is 3.70. The molecule has 3 rings (SSSR count). The van der Waals surface area contributed by atoms with Crippen LogP contribution in [0, 0.1) is 13.8 Å². The third kappa shape index (κ3) is 3.25. The van der Waals surface area contributed by atoms with Gasteiger partial charge in [-0.05, 0) is 45.7 Å². The summed E-state index contributed by atoms with van der Waals surface area (Å²) in [5.41, 5.74) is 0.520. The summed E-state index contributed by atoms with van der Waals surface area (Å²) >= 11 is 0. The fourth-order valence-electron chi connectivity index (χ4n) is 3.20. The minimum atomic E-state index is -0.0364. The maximum Gasteiger partial charge on any atom is 0.259 e. The van der Waals surface area contributed by atoms with Gasteiger partial charge < -0.3 is 9.64 Å². The van der Waals surface area contributed by atoms with Gasteiger partial charge in [0.2, 0.25) is 5.88 Å². The molecule has 1 amide bonds. The molecule has 1 unspecified atom stereocenters. The average molecular weight is 329 g/mol. The van der Waals surface area contributed by atoms with E-state index in [1.165, 1.54) is 0 Å². The van der Waals surface area contributed by atoms with Crippen molar-refractivity contribution in [2.75, 3.05) is 19.7 Å². The molecule has 0 radical (unpaired) electrons. The first-order valence-electron chi connectivity index (χ1n) is 8.37. The highest BCUT2D eigenvalue weighted by Crippen LogP contribution is 2.25. The normalized spacial score (nSPS) is 17.8. The van der Waals surface area contributed by atoms with Gasteiger partial charge in [-0.1, -0.05) is 0 Å². The van der Waals surface area contributed by atoms with Gasteiger partial charge in [0.1, 0.15) is 17.2 Å². The monoisotopic (exact) mass is 329 g/mol. The second-order valence-electron chi connectivity index (χ2n) is 5.99. The number of carbonyl (C=O) groups excluding carboxylic acids is 1. The molecule has 2 aromatic rings. The predicted octanol–water partition coefficient (Wildman–Crippen LogP) is 2.17. The van der Waals surface area contributed by atoms with E-state index in [0.29, 0.717) is 24.6 Å². The molecular weight excluding hydrogens is 306 g/mol. The molecule has 1 atom stereocenters. The summed E-state index contributed by atoms with van der Waals surface area (Å²) in [5.74, 6) is 2.02. The van der Waals surface area contributed by atoms with E-state index in [4.69, 9.17) is 4.74 Å². The van der Waals surface area contributed by atoms with Crippen LogP contribution in [-0.4, -0.2) is 50.3 Å². The van der Waals surface area contributed by atoms with Crippen LogP contribution in [0.4, 0.5) is 0 Å². The molecular formula is C17H23N5O2. The summed E-state index contributed by atoms with van der Waals surface area (Å²) in [6.45, 7) is 7.58. The number of hydrogen-bond acceptors (Lipinski definition) is 5. The number of likely N-dealkylation sites (tertiary alicyclic amines) is 1. The molecule has 7 nitrogen and oxygen atoms in total. The summed E-state index contributed by atoms with van der Waals surface area (Å²) in [4.78, 5) is 23.3. The first-order chi connectivity index (χ1) is 11.6. The van der Waals surface area contributed by atoms with Gasteiger partial charge in [-0.3, -0.25) is 4.79 Å². The summed E-state index contributed by atoms with van der Waals surface area (Å²) < 4.78 is 7.44. The molecule has 3 heterocycles. The van der Waals surface area contributed by atoms with Crippen molar-refractivity contribution in [2.45, 2.75) is 39.7 Å². The van der Waals surface area contributed by atoms with E-state index in [9.17, 15) is 4.79 Å². The molecule has 1 fully saturated rings. The Morgan fingerprint density at radius 2 is 2.25 bits per heavy atom. The standard InChI is InChI=1S/C17H23N5O2/c1-4-24-16-15(8-5-9-18-16)17(23)21-10-6-7-14(11-21)22-13(3)19-12(2)20-22/h5,8-9,14H,4,6-7,10-11H2,1-3H3. The Bertz CT molecular complexity index is 728. The van der Waals surface area contributed by atoms with Crippen LogP contribution >= 0.6 is 0 Å². The average Bonchev–Trinajstić information content (AvgIpc) is 2.93. The molecule has 1 aliphatic rings. The lowest BCUT2D eigenvalue weighted by molar-refractivity contribution is 0.0666. The summed E-state index contributed by atoms with van der Waals surface area (Å²) in [6.07, 6.45) is 3.58. The van der Waals surface area contributed by atoms with E-state index in [1.54, 1.807) is 18.3 Å². The van der Waals surface area contributed by atoms with Crippen molar-refractivity contribution in [3.8, 4) is 5.88 Å². The molecule has 0 aromatic carbocycles. The molecule has 128 valence electrons. The minimum absolute atomic E-state index is 0.0364. The van der Waals surface area contributed by atoms with Crippen LogP contribution in [0.5, 0.6) is 5.88 Å². The Hall–Kier alpha value is -2.44. The molecule has 2 aromatic heterocycles. The molecule has 0 spiro atoms. The quantitative estimate of drug-likeness (QED) is 0.859. The third-order valence-electron chi connectivity index (χ3n) is 4.22. The second kappa shape index (κ2) is 6.98. The van der Waals surface area contributed by atoms with Crippen molar-refractivity contribution in [1.82, 2.24) is 24.6 Å². The zero-order chi connectivity index (χ0) is 17.1. The number of piperidine rings is 1. The molecule has 0 bridgehead atoms. The Kier molecular flexibility index (Phi) is 4.78. The smallest absolute Gasteiger partial charge is 0.259 e. The Morgan fingerprint density at radius 1 is 1.42 bits per heavy atom. The number of aryl methyl sites for hydroxylation is 2. The Balaban J connectivity index is 1.80. The molecule has 0 aliphatic carbocycles. The number of ether oxygens (including phenoxy) is 1. The third-order valence-corrected chi connectivity index (χ3v) is 4.22. The lowest BCUT2D eigenvalue weighted by atomic mass is 10.0. The van der Waals surface area contributed by atoms with Crippen LogP contribution in [0.3, 0.4) is 0 Å². The van der Waals surface area contributed by atoms with E-state index in [0.717, 1.165) is 31.0 Å². The van der Waals surface area contributed by atoms with Crippen molar-refractivity contribution in [1.29, 1.82) is 0 Å². The minimum Gasteiger partial charge on any atom is -0.477 e. The van der Waals surface area contributed by atoms with Crippen molar-refractivity contribution in [3.05, 3.63) is 35.5 Å². The second-order valence-corrected chi connectivity index (χ2v) is 5.99. The van der Waals surface area contributed by atoms with E-state index in [1.807, 2.05) is 30.4 Å². The largest absolute Gasteiger partial charge is 0.477 e. The van der Waals surface area contributed by atoms with Gasteiger partial charge >= 0.3 is 0 Å². The summed E-state index contributed by atoms with van der Waals surface area (Å²) in [5, 5.41) is 4.48.